The van der Waals surface area contributed by atoms with Crippen LogP contribution in [0.25, 0.3) is 39.5 Å². The first-order chi connectivity index (χ1) is 26.0. The number of benzene rings is 3. The van der Waals surface area contributed by atoms with Crippen molar-refractivity contribution in [3.63, 3.8) is 0 Å². The van der Waals surface area contributed by atoms with Gasteiger partial charge in [-0.1, -0.05) is 60.7 Å². The average Bonchev–Trinajstić information content (AvgIpc) is 3.67. The number of nitrogens with one attached hydrogen (secondary N) is 1. The SMILES string of the molecule is C/C=C/C=C/c1cc2c(-c3ccc(OCc4ccccc4)cc3)c3c(c(O)c2c(=O)[nH]1)C1(CC3)C(O)=c2c(=O)c3c(=O)cc(OC)c(=O)c=3c(=O)c2=C1O. The summed E-state index contributed by atoms with van der Waals surface area (Å²) in [7, 11) is 1.13. The molecule has 1 aromatic heterocycles. The maximum atomic E-state index is 14.0. The van der Waals surface area contributed by atoms with Crippen molar-refractivity contribution in [3.8, 4) is 28.4 Å². The molecule has 1 atom stereocenters. The number of hydrogen-bond acceptors (Lipinski definition) is 10. The Morgan fingerprint density at radius 1 is 0.815 bits per heavy atom. The molecule has 1 heterocycles. The fourth-order valence-electron chi connectivity index (χ4n) is 8.02. The Hall–Kier alpha value is -7.01. The monoisotopic (exact) mass is 721 g/mol. The highest BCUT2D eigenvalue weighted by atomic mass is 16.5. The molecule has 1 spiro atoms. The zero-order chi connectivity index (χ0) is 38.1. The zero-order valence-corrected chi connectivity index (χ0v) is 29.0. The van der Waals surface area contributed by atoms with Crippen LogP contribution < -0.4 is 47.2 Å². The molecule has 0 saturated carbocycles. The number of H-pyrrole nitrogens is 1. The molecule has 4 aliphatic carbocycles. The Balaban J connectivity index is 1.43. The van der Waals surface area contributed by atoms with E-state index in [2.05, 4.69) is 4.98 Å². The summed E-state index contributed by atoms with van der Waals surface area (Å²) in [5.41, 5.74) is -4.08. The Morgan fingerprint density at radius 3 is 2.17 bits per heavy atom. The number of allylic oxidation sites excluding steroid dienone is 3. The fourth-order valence-corrected chi connectivity index (χ4v) is 8.02. The number of aromatic hydroxyl groups is 1. The lowest BCUT2D eigenvalue weighted by molar-refractivity contribution is 0.306. The van der Waals surface area contributed by atoms with Gasteiger partial charge >= 0.3 is 0 Å². The van der Waals surface area contributed by atoms with E-state index in [4.69, 9.17) is 9.47 Å². The van der Waals surface area contributed by atoms with Crippen molar-refractivity contribution in [1.29, 1.82) is 0 Å². The second-order valence-electron chi connectivity index (χ2n) is 13.3. The van der Waals surface area contributed by atoms with E-state index in [-0.39, 0.29) is 23.8 Å². The van der Waals surface area contributed by atoms with Crippen LogP contribution in [0.1, 0.15) is 35.7 Å². The number of rotatable bonds is 7. The predicted molar refractivity (Wildman–Crippen MR) is 203 cm³/mol. The van der Waals surface area contributed by atoms with Gasteiger partial charge in [-0.3, -0.25) is 24.0 Å². The minimum absolute atomic E-state index is 0.0755. The van der Waals surface area contributed by atoms with E-state index in [0.717, 1.165) is 18.7 Å². The maximum Gasteiger partial charge on any atom is 0.260 e. The largest absolute Gasteiger partial charge is 0.510 e. The van der Waals surface area contributed by atoms with E-state index < -0.39 is 76.6 Å². The molecule has 0 bridgehead atoms. The lowest BCUT2D eigenvalue weighted by Gasteiger charge is -2.28. The van der Waals surface area contributed by atoms with E-state index >= 15 is 0 Å². The molecule has 8 rings (SSSR count). The first-order valence-electron chi connectivity index (χ1n) is 17.1. The normalized spacial score (nSPS) is 16.3. The number of hydrogen-bond donors (Lipinski definition) is 4. The van der Waals surface area contributed by atoms with Gasteiger partial charge in [-0.25, -0.2) is 0 Å². The van der Waals surface area contributed by atoms with Gasteiger partial charge in [0.1, 0.15) is 35.0 Å². The maximum absolute atomic E-state index is 14.0. The third-order valence-corrected chi connectivity index (χ3v) is 10.4. The third kappa shape index (κ3) is 4.78. The number of aliphatic hydroxyl groups excluding tert-OH is 2. The Kier molecular flexibility index (Phi) is 7.95. The molecule has 11 heteroatoms. The van der Waals surface area contributed by atoms with Gasteiger partial charge < -0.3 is 29.8 Å². The Bertz CT molecular complexity index is 3120. The first-order valence-corrected chi connectivity index (χ1v) is 17.1. The highest BCUT2D eigenvalue weighted by Gasteiger charge is 2.54. The minimum atomic E-state index is -2.06. The van der Waals surface area contributed by atoms with Crippen LogP contribution in [-0.2, 0) is 18.4 Å². The fraction of sp³-hybridized carbons (Fsp3) is 0.140. The summed E-state index contributed by atoms with van der Waals surface area (Å²) in [4.78, 5) is 70.9. The van der Waals surface area contributed by atoms with Gasteiger partial charge in [0, 0.05) is 22.7 Å². The predicted octanol–water partition coefficient (Wildman–Crippen LogP) is 3.35. The summed E-state index contributed by atoms with van der Waals surface area (Å²) in [6, 6.07) is 19.3. The Morgan fingerprint density at radius 2 is 1.50 bits per heavy atom. The molecule has 0 amide bonds. The van der Waals surface area contributed by atoms with Crippen LogP contribution in [0.15, 0.2) is 109 Å². The highest BCUT2D eigenvalue weighted by molar-refractivity contribution is 6.05. The van der Waals surface area contributed by atoms with Crippen molar-refractivity contribution in [3.05, 3.63) is 179 Å². The van der Waals surface area contributed by atoms with Crippen molar-refractivity contribution in [2.45, 2.75) is 31.8 Å². The zero-order valence-electron chi connectivity index (χ0n) is 29.0. The van der Waals surface area contributed by atoms with E-state index in [1.165, 1.54) is 0 Å². The summed E-state index contributed by atoms with van der Waals surface area (Å²) in [5, 5.41) is 33.6. The molecular weight excluding hydrogens is 690 g/mol. The molecule has 4 aromatic rings. The van der Waals surface area contributed by atoms with E-state index in [9.17, 15) is 39.3 Å². The number of methoxy groups -OCH3 is 1. The summed E-state index contributed by atoms with van der Waals surface area (Å²) >= 11 is 0. The summed E-state index contributed by atoms with van der Waals surface area (Å²) < 4.78 is 11.0. The van der Waals surface area contributed by atoms with E-state index in [1.54, 1.807) is 48.6 Å². The molecule has 0 aliphatic heterocycles. The van der Waals surface area contributed by atoms with Gasteiger partial charge in [0.2, 0.25) is 16.3 Å². The van der Waals surface area contributed by atoms with Crippen LogP contribution in [0.4, 0.5) is 0 Å². The topological polar surface area (TPSA) is 180 Å². The number of pyridine rings is 1. The average molecular weight is 722 g/mol. The molecule has 3 aromatic carbocycles. The second-order valence-corrected chi connectivity index (χ2v) is 13.3. The summed E-state index contributed by atoms with van der Waals surface area (Å²) in [6.45, 7) is 2.18. The molecular formula is C43H31NO10. The quantitative estimate of drug-likeness (QED) is 0.179. The summed E-state index contributed by atoms with van der Waals surface area (Å²) in [6.07, 6.45) is 7.02. The Labute approximate surface area is 304 Å². The van der Waals surface area contributed by atoms with Crippen molar-refractivity contribution in [1.82, 2.24) is 4.98 Å². The number of phenols is 1. The van der Waals surface area contributed by atoms with Crippen LogP contribution in [-0.4, -0.2) is 27.4 Å². The third-order valence-electron chi connectivity index (χ3n) is 10.4. The van der Waals surface area contributed by atoms with Gasteiger partial charge in [-0.2, -0.15) is 0 Å². The van der Waals surface area contributed by atoms with Crippen LogP contribution in [0.3, 0.4) is 0 Å². The number of aromatic nitrogens is 1. The van der Waals surface area contributed by atoms with Gasteiger partial charge in [-0.05, 0) is 66.3 Å². The van der Waals surface area contributed by atoms with E-state index in [0.29, 0.717) is 40.1 Å². The van der Waals surface area contributed by atoms with Crippen molar-refractivity contribution in [2.24, 2.45) is 0 Å². The van der Waals surface area contributed by atoms with Crippen LogP contribution in [0.5, 0.6) is 17.2 Å². The van der Waals surface area contributed by atoms with Crippen molar-refractivity contribution < 1.29 is 24.8 Å². The van der Waals surface area contributed by atoms with Crippen molar-refractivity contribution >= 4 is 28.4 Å². The lowest BCUT2D eigenvalue weighted by atomic mass is 9.77. The van der Waals surface area contributed by atoms with Crippen LogP contribution in [0.2, 0.25) is 0 Å². The van der Waals surface area contributed by atoms with Gasteiger partial charge in [0.15, 0.2) is 11.2 Å². The lowest BCUT2D eigenvalue weighted by Crippen LogP contribution is -2.51. The molecule has 4 N–H and O–H groups in total. The second kappa shape index (κ2) is 12.6. The molecule has 1 unspecified atom stereocenters. The van der Waals surface area contributed by atoms with Gasteiger partial charge in [0.25, 0.3) is 5.56 Å². The van der Waals surface area contributed by atoms with Crippen LogP contribution in [0, 0.1) is 10.4 Å². The molecule has 0 radical (unpaired) electrons. The number of fused-ring (bicyclic) bond motifs is 4. The standard InChI is InChI=1S/C43H31NO10/c1-3-4-6-11-23-18-26-29(22-12-14-24(15-13-22)54-20-21-9-7-5-8-10-21)25-16-17-43(35(25)39(49)30(26)42(52)44-23)40(50)33-34(41(43)51)38(48)32-31(37(33)47)27(45)19-28(53-2)36(32)46/h3-15,18-19,49-51H,16-17,20H2,1-2H3,(H,44,52)/b4-3+,11-6+. The summed E-state index contributed by atoms with van der Waals surface area (Å²) in [5.74, 6) is -2.01. The van der Waals surface area contributed by atoms with Gasteiger partial charge in [0.05, 0.1) is 33.4 Å². The molecule has 4 aliphatic rings. The minimum Gasteiger partial charge on any atom is -0.510 e. The number of aliphatic hydroxyl groups is 2. The number of phenolic OH excluding ortho intramolecular Hbond substituents is 1. The van der Waals surface area contributed by atoms with Crippen molar-refractivity contribution in [2.75, 3.05) is 7.11 Å². The smallest absolute Gasteiger partial charge is 0.260 e. The van der Waals surface area contributed by atoms with Gasteiger partial charge in [-0.15, -0.1) is 0 Å². The highest BCUT2D eigenvalue weighted by Crippen LogP contribution is 2.57. The van der Waals surface area contributed by atoms with Crippen LogP contribution >= 0.6 is 0 Å². The number of aromatic amines is 1. The molecule has 54 heavy (non-hydrogen) atoms. The molecule has 0 saturated heterocycles. The first kappa shape index (κ1) is 34.1. The molecule has 11 nitrogen and oxygen atoms in total. The number of ether oxygens (including phenoxy) is 2. The molecule has 0 fully saturated rings. The molecule has 268 valence electrons. The van der Waals surface area contributed by atoms with E-state index in [1.807, 2.05) is 43.3 Å².